The fourth-order valence-corrected chi connectivity index (χ4v) is 4.44. The van der Waals surface area contributed by atoms with Crippen LogP contribution in [0.2, 0.25) is 0 Å². The first-order chi connectivity index (χ1) is 16.8. The zero-order valence-corrected chi connectivity index (χ0v) is 19.7. The Morgan fingerprint density at radius 2 is 1.54 bits per heavy atom. The van der Waals surface area contributed by atoms with Gasteiger partial charge in [-0.25, -0.2) is 9.59 Å². The third-order valence-electron chi connectivity index (χ3n) is 6.04. The summed E-state index contributed by atoms with van der Waals surface area (Å²) in [6, 6.07) is 21.3. The summed E-state index contributed by atoms with van der Waals surface area (Å²) in [6.45, 7) is 4.05. The molecule has 4 rings (SSSR count). The number of ether oxygens (including phenoxy) is 1. The standard InChI is InChI=1S/C28H28N2O5/c1-17(2)14-25(26(31)29-19-9-7-8-18(15-19)27(32)33)30-28(34)35-16-24-22-12-5-3-10-20(22)21-11-4-6-13-23(21)24/h3-13,15,17,24-25H,14,16H2,1-2H3,(H,29,31)(H,30,34)(H,32,33)/t25-/m0/s1. The minimum atomic E-state index is -1.09. The summed E-state index contributed by atoms with van der Waals surface area (Å²) >= 11 is 0. The van der Waals surface area contributed by atoms with Gasteiger partial charge in [-0.05, 0) is 52.8 Å². The van der Waals surface area contributed by atoms with Crippen LogP contribution < -0.4 is 10.6 Å². The van der Waals surface area contributed by atoms with Crippen LogP contribution in [-0.4, -0.2) is 35.7 Å². The number of hydrogen-bond acceptors (Lipinski definition) is 4. The summed E-state index contributed by atoms with van der Waals surface area (Å²) in [5, 5.41) is 14.6. The molecule has 3 aromatic rings. The van der Waals surface area contributed by atoms with Crippen molar-refractivity contribution < 1.29 is 24.2 Å². The van der Waals surface area contributed by atoms with Crippen LogP contribution in [0, 0.1) is 5.92 Å². The molecule has 0 unspecified atom stereocenters. The Morgan fingerprint density at radius 1 is 0.914 bits per heavy atom. The Kier molecular flexibility index (Phi) is 7.15. The first-order valence-electron chi connectivity index (χ1n) is 11.6. The molecular formula is C28H28N2O5. The lowest BCUT2D eigenvalue weighted by Gasteiger charge is -2.21. The Hall–Kier alpha value is -4.13. The van der Waals surface area contributed by atoms with Gasteiger partial charge in [0.05, 0.1) is 5.56 Å². The molecule has 0 aliphatic heterocycles. The molecule has 0 aromatic heterocycles. The lowest BCUT2D eigenvalue weighted by atomic mass is 9.98. The minimum absolute atomic E-state index is 0.0627. The highest BCUT2D eigenvalue weighted by molar-refractivity contribution is 5.98. The number of benzene rings is 3. The zero-order chi connectivity index (χ0) is 24.9. The van der Waals surface area contributed by atoms with Gasteiger partial charge in [-0.3, -0.25) is 4.79 Å². The van der Waals surface area contributed by atoms with Gasteiger partial charge in [-0.15, -0.1) is 0 Å². The van der Waals surface area contributed by atoms with Gasteiger partial charge in [0.1, 0.15) is 12.6 Å². The average molecular weight is 473 g/mol. The van der Waals surface area contributed by atoms with E-state index >= 15 is 0 Å². The fraction of sp³-hybridized carbons (Fsp3) is 0.250. The third kappa shape index (κ3) is 5.51. The molecule has 180 valence electrons. The van der Waals surface area contributed by atoms with Gasteiger partial charge in [-0.2, -0.15) is 0 Å². The molecule has 0 heterocycles. The lowest BCUT2D eigenvalue weighted by Crippen LogP contribution is -2.45. The fourth-order valence-electron chi connectivity index (χ4n) is 4.44. The minimum Gasteiger partial charge on any atom is -0.478 e. The quantitative estimate of drug-likeness (QED) is 0.414. The molecule has 7 nitrogen and oxygen atoms in total. The second kappa shape index (κ2) is 10.4. The zero-order valence-electron chi connectivity index (χ0n) is 19.7. The number of carboxylic acid groups (broad SMARTS) is 1. The van der Waals surface area contributed by atoms with Gasteiger partial charge in [-0.1, -0.05) is 68.4 Å². The Labute approximate surface area is 204 Å². The molecule has 3 N–H and O–H groups in total. The van der Waals surface area contributed by atoms with Gasteiger partial charge in [0.25, 0.3) is 0 Å². The molecule has 7 heteroatoms. The number of alkyl carbamates (subject to hydrolysis) is 1. The largest absolute Gasteiger partial charge is 0.478 e. The smallest absolute Gasteiger partial charge is 0.407 e. The Morgan fingerprint density at radius 3 is 2.14 bits per heavy atom. The van der Waals surface area contributed by atoms with Gasteiger partial charge in [0.2, 0.25) is 5.91 Å². The molecular weight excluding hydrogens is 444 g/mol. The van der Waals surface area contributed by atoms with Crippen molar-refractivity contribution in [1.82, 2.24) is 5.32 Å². The number of carbonyl (C=O) groups excluding carboxylic acids is 2. The average Bonchev–Trinajstić information content (AvgIpc) is 3.16. The maximum absolute atomic E-state index is 12.9. The van der Waals surface area contributed by atoms with Crippen LogP contribution >= 0.6 is 0 Å². The number of fused-ring (bicyclic) bond motifs is 3. The summed E-state index contributed by atoms with van der Waals surface area (Å²) in [5.41, 5.74) is 4.90. The van der Waals surface area contributed by atoms with Crippen molar-refractivity contribution in [3.05, 3.63) is 89.5 Å². The highest BCUT2D eigenvalue weighted by atomic mass is 16.5. The van der Waals surface area contributed by atoms with E-state index in [1.807, 2.05) is 50.2 Å². The molecule has 0 saturated heterocycles. The number of rotatable bonds is 8. The molecule has 0 radical (unpaired) electrons. The van der Waals surface area contributed by atoms with Crippen molar-refractivity contribution in [3.8, 4) is 11.1 Å². The monoisotopic (exact) mass is 472 g/mol. The van der Waals surface area contributed by atoms with Gasteiger partial charge in [0.15, 0.2) is 0 Å². The topological polar surface area (TPSA) is 105 Å². The summed E-state index contributed by atoms with van der Waals surface area (Å²) in [7, 11) is 0. The van der Waals surface area contributed by atoms with E-state index in [-0.39, 0.29) is 24.0 Å². The number of aromatic carboxylic acids is 1. The first kappa shape index (κ1) is 24.0. The van der Waals surface area contributed by atoms with E-state index in [9.17, 15) is 19.5 Å². The molecule has 2 amide bonds. The van der Waals surface area contributed by atoms with E-state index in [0.29, 0.717) is 12.1 Å². The molecule has 1 aliphatic rings. The summed E-state index contributed by atoms with van der Waals surface area (Å²) in [6.07, 6.45) is -0.277. The summed E-state index contributed by atoms with van der Waals surface area (Å²) in [4.78, 5) is 36.9. The predicted molar refractivity (Wildman–Crippen MR) is 133 cm³/mol. The summed E-state index contributed by atoms with van der Waals surface area (Å²) < 4.78 is 5.59. The second-order valence-corrected chi connectivity index (χ2v) is 9.03. The van der Waals surface area contributed by atoms with Gasteiger partial charge < -0.3 is 20.5 Å². The lowest BCUT2D eigenvalue weighted by molar-refractivity contribution is -0.118. The number of carbonyl (C=O) groups is 3. The van der Waals surface area contributed by atoms with E-state index in [1.165, 1.54) is 12.1 Å². The van der Waals surface area contributed by atoms with E-state index in [2.05, 4.69) is 22.8 Å². The van der Waals surface area contributed by atoms with Gasteiger partial charge in [0, 0.05) is 11.6 Å². The van der Waals surface area contributed by atoms with E-state index < -0.39 is 24.0 Å². The van der Waals surface area contributed by atoms with Crippen molar-refractivity contribution >= 4 is 23.7 Å². The normalized spacial score (nSPS) is 13.0. The second-order valence-electron chi connectivity index (χ2n) is 9.03. The van der Waals surface area contributed by atoms with Crippen molar-refractivity contribution in [2.24, 2.45) is 5.92 Å². The van der Waals surface area contributed by atoms with Crippen molar-refractivity contribution in [3.63, 3.8) is 0 Å². The van der Waals surface area contributed by atoms with Crippen LogP contribution in [0.3, 0.4) is 0 Å². The molecule has 0 fully saturated rings. The SMILES string of the molecule is CC(C)C[C@H](NC(=O)OCC1c2ccccc2-c2ccccc21)C(=O)Nc1cccc(C(=O)O)c1. The van der Waals surface area contributed by atoms with Gasteiger partial charge >= 0.3 is 12.1 Å². The molecule has 0 spiro atoms. The molecule has 0 bridgehead atoms. The van der Waals surface area contributed by atoms with E-state index in [1.54, 1.807) is 12.1 Å². The predicted octanol–water partition coefficient (Wildman–Crippen LogP) is 5.28. The molecule has 0 saturated carbocycles. The number of amides is 2. The molecule has 1 aliphatic carbocycles. The molecule has 1 atom stereocenters. The number of carboxylic acids is 1. The van der Waals surface area contributed by atoms with Crippen molar-refractivity contribution in [2.45, 2.75) is 32.2 Å². The Bertz CT molecular complexity index is 1210. The molecule has 3 aromatic carbocycles. The van der Waals surface area contributed by atoms with Crippen LogP contribution in [0.25, 0.3) is 11.1 Å². The van der Waals surface area contributed by atoms with Crippen LogP contribution in [-0.2, 0) is 9.53 Å². The highest BCUT2D eigenvalue weighted by Crippen LogP contribution is 2.44. The summed E-state index contributed by atoms with van der Waals surface area (Å²) in [5.74, 6) is -1.47. The Balaban J connectivity index is 1.42. The van der Waals surface area contributed by atoms with Crippen LogP contribution in [0.1, 0.15) is 47.7 Å². The van der Waals surface area contributed by atoms with E-state index in [0.717, 1.165) is 22.3 Å². The van der Waals surface area contributed by atoms with Crippen LogP contribution in [0.4, 0.5) is 10.5 Å². The highest BCUT2D eigenvalue weighted by Gasteiger charge is 2.30. The third-order valence-corrected chi connectivity index (χ3v) is 6.04. The number of hydrogen-bond donors (Lipinski definition) is 3. The first-order valence-corrected chi connectivity index (χ1v) is 11.6. The van der Waals surface area contributed by atoms with Crippen LogP contribution in [0.15, 0.2) is 72.8 Å². The maximum atomic E-state index is 12.9. The molecule has 35 heavy (non-hydrogen) atoms. The van der Waals surface area contributed by atoms with E-state index in [4.69, 9.17) is 4.74 Å². The maximum Gasteiger partial charge on any atom is 0.407 e. The number of nitrogens with one attached hydrogen (secondary N) is 2. The van der Waals surface area contributed by atoms with Crippen LogP contribution in [0.5, 0.6) is 0 Å². The van der Waals surface area contributed by atoms with Crippen molar-refractivity contribution in [2.75, 3.05) is 11.9 Å². The number of anilines is 1. The van der Waals surface area contributed by atoms with Crippen molar-refractivity contribution in [1.29, 1.82) is 0 Å².